The van der Waals surface area contributed by atoms with Gasteiger partial charge in [0, 0.05) is 25.2 Å². The number of piperazine rings is 1. The van der Waals surface area contributed by atoms with Crippen LogP contribution < -0.4 is 10.6 Å². The van der Waals surface area contributed by atoms with Crippen molar-refractivity contribution >= 4 is 0 Å². The summed E-state index contributed by atoms with van der Waals surface area (Å²) in [6.45, 7) is 4.42. The molecule has 0 aromatic heterocycles. The van der Waals surface area contributed by atoms with Gasteiger partial charge in [-0.3, -0.25) is 0 Å². The Balaban J connectivity index is 1.70. The maximum absolute atomic E-state index is 3.62. The second kappa shape index (κ2) is 6.06. The molecule has 0 radical (unpaired) electrons. The third-order valence-electron chi connectivity index (χ3n) is 4.83. The molecular weight excluding hydrogens is 232 g/mol. The van der Waals surface area contributed by atoms with Crippen LogP contribution in [-0.4, -0.2) is 19.1 Å². The monoisotopic (exact) mass is 258 g/mol. The maximum atomic E-state index is 3.62. The van der Waals surface area contributed by atoms with Gasteiger partial charge in [-0.2, -0.15) is 0 Å². The highest BCUT2D eigenvalue weighted by atomic mass is 15.1. The molecule has 2 unspecified atom stereocenters. The van der Waals surface area contributed by atoms with Crippen LogP contribution in [0.1, 0.15) is 62.1 Å². The van der Waals surface area contributed by atoms with Gasteiger partial charge >= 0.3 is 0 Å². The average molecular weight is 258 g/mol. The first-order chi connectivity index (χ1) is 9.34. The molecule has 1 heterocycles. The fourth-order valence-corrected chi connectivity index (χ4v) is 3.64. The normalized spacial score (nSPS) is 29.3. The van der Waals surface area contributed by atoms with Gasteiger partial charge in [-0.05, 0) is 36.8 Å². The van der Waals surface area contributed by atoms with E-state index in [2.05, 4.69) is 41.8 Å². The summed E-state index contributed by atoms with van der Waals surface area (Å²) in [7, 11) is 0. The Bertz CT molecular complexity index is 392. The van der Waals surface area contributed by atoms with Crippen molar-refractivity contribution < 1.29 is 0 Å². The molecule has 104 valence electrons. The number of benzene rings is 1. The second-order valence-corrected chi connectivity index (χ2v) is 6.18. The Morgan fingerprint density at radius 2 is 1.47 bits per heavy atom. The Hall–Kier alpha value is -0.860. The van der Waals surface area contributed by atoms with E-state index in [9.17, 15) is 0 Å². The molecule has 2 heteroatoms. The van der Waals surface area contributed by atoms with E-state index in [1.807, 2.05) is 0 Å². The predicted octanol–water partition coefficient (Wildman–Crippen LogP) is 3.36. The minimum Gasteiger partial charge on any atom is -0.311 e. The van der Waals surface area contributed by atoms with Crippen LogP contribution in [0, 0.1) is 0 Å². The lowest BCUT2D eigenvalue weighted by atomic mass is 9.83. The van der Waals surface area contributed by atoms with Gasteiger partial charge in [0.25, 0.3) is 0 Å². The van der Waals surface area contributed by atoms with Gasteiger partial charge in [-0.25, -0.2) is 0 Å². The first-order valence-corrected chi connectivity index (χ1v) is 7.91. The first kappa shape index (κ1) is 13.1. The first-order valence-electron chi connectivity index (χ1n) is 7.91. The summed E-state index contributed by atoms with van der Waals surface area (Å²) >= 11 is 0. The minimum atomic E-state index is 0.467. The third-order valence-corrected chi connectivity index (χ3v) is 4.83. The summed E-state index contributed by atoms with van der Waals surface area (Å²) in [5.41, 5.74) is 2.99. The second-order valence-electron chi connectivity index (χ2n) is 6.18. The smallest absolute Gasteiger partial charge is 0.0473 e. The quantitative estimate of drug-likeness (QED) is 0.850. The van der Waals surface area contributed by atoms with Crippen molar-refractivity contribution in [1.82, 2.24) is 10.6 Å². The van der Waals surface area contributed by atoms with Gasteiger partial charge in [0.1, 0.15) is 0 Å². The van der Waals surface area contributed by atoms with Crippen molar-refractivity contribution in [3.05, 3.63) is 35.4 Å². The molecule has 1 aliphatic heterocycles. The fourth-order valence-electron chi connectivity index (χ4n) is 3.64. The van der Waals surface area contributed by atoms with Gasteiger partial charge < -0.3 is 10.6 Å². The van der Waals surface area contributed by atoms with E-state index in [1.165, 1.54) is 37.7 Å². The van der Waals surface area contributed by atoms with Gasteiger partial charge in [-0.15, -0.1) is 0 Å². The molecule has 3 rings (SSSR count). The summed E-state index contributed by atoms with van der Waals surface area (Å²) in [5, 5.41) is 7.17. The van der Waals surface area contributed by atoms with E-state index in [-0.39, 0.29) is 0 Å². The molecule has 2 aliphatic rings. The van der Waals surface area contributed by atoms with Gasteiger partial charge in [0.2, 0.25) is 0 Å². The van der Waals surface area contributed by atoms with Crippen molar-refractivity contribution in [2.24, 2.45) is 0 Å². The van der Waals surface area contributed by atoms with Crippen LogP contribution in [0.5, 0.6) is 0 Å². The van der Waals surface area contributed by atoms with E-state index < -0.39 is 0 Å². The summed E-state index contributed by atoms with van der Waals surface area (Å²) < 4.78 is 0. The Morgan fingerprint density at radius 1 is 0.842 bits per heavy atom. The highest BCUT2D eigenvalue weighted by Gasteiger charge is 2.22. The highest BCUT2D eigenvalue weighted by molar-refractivity contribution is 5.28. The number of hydrogen-bond donors (Lipinski definition) is 2. The molecular formula is C17H26N2. The zero-order chi connectivity index (χ0) is 13.1. The topological polar surface area (TPSA) is 24.1 Å². The molecule has 1 aromatic carbocycles. The minimum absolute atomic E-state index is 0.467. The van der Waals surface area contributed by atoms with Crippen LogP contribution in [0.4, 0.5) is 0 Å². The van der Waals surface area contributed by atoms with Crippen molar-refractivity contribution in [2.75, 3.05) is 13.1 Å². The molecule has 19 heavy (non-hydrogen) atoms. The molecule has 2 atom stereocenters. The van der Waals surface area contributed by atoms with Crippen molar-refractivity contribution in [2.45, 2.75) is 57.0 Å². The van der Waals surface area contributed by atoms with Gasteiger partial charge in [-0.1, -0.05) is 43.5 Å². The van der Waals surface area contributed by atoms with Crippen LogP contribution in [0.3, 0.4) is 0 Å². The van der Waals surface area contributed by atoms with Crippen LogP contribution in [0.25, 0.3) is 0 Å². The zero-order valence-corrected chi connectivity index (χ0v) is 12.0. The van der Waals surface area contributed by atoms with Crippen LogP contribution in [-0.2, 0) is 0 Å². The van der Waals surface area contributed by atoms with Crippen LogP contribution in [0.2, 0.25) is 0 Å². The molecule has 0 spiro atoms. The summed E-state index contributed by atoms with van der Waals surface area (Å²) in [6, 6.07) is 10.4. The Morgan fingerprint density at radius 3 is 2.16 bits per heavy atom. The lowest BCUT2D eigenvalue weighted by molar-refractivity contribution is 0.345. The van der Waals surface area contributed by atoms with Crippen LogP contribution in [0.15, 0.2) is 24.3 Å². The molecule has 0 bridgehead atoms. The average Bonchev–Trinajstić information content (AvgIpc) is 2.49. The SMILES string of the molecule is CC1NCCNC1c1ccc(C2CCCCC2)cc1. The molecule has 1 saturated heterocycles. The highest BCUT2D eigenvalue weighted by Crippen LogP contribution is 2.33. The van der Waals surface area contributed by atoms with E-state index in [4.69, 9.17) is 0 Å². The fraction of sp³-hybridized carbons (Fsp3) is 0.647. The summed E-state index contributed by atoms with van der Waals surface area (Å²) in [5.74, 6) is 0.817. The third kappa shape index (κ3) is 3.01. The molecule has 2 nitrogen and oxygen atoms in total. The van der Waals surface area contributed by atoms with Gasteiger partial charge in [0.05, 0.1) is 0 Å². The van der Waals surface area contributed by atoms with E-state index in [1.54, 1.807) is 5.56 Å². The standard InChI is InChI=1S/C17H26N2/c1-13-17(19-12-11-18-13)16-9-7-15(8-10-16)14-5-3-2-4-6-14/h7-10,13-14,17-19H,2-6,11-12H2,1H3. The largest absolute Gasteiger partial charge is 0.311 e. The molecule has 0 amide bonds. The molecule has 1 aromatic rings. The summed E-state index contributed by atoms with van der Waals surface area (Å²) in [4.78, 5) is 0. The molecule has 1 saturated carbocycles. The number of hydrogen-bond acceptors (Lipinski definition) is 2. The van der Waals surface area contributed by atoms with E-state index >= 15 is 0 Å². The van der Waals surface area contributed by atoms with Crippen molar-refractivity contribution in [1.29, 1.82) is 0 Å². The molecule has 1 aliphatic carbocycles. The summed E-state index contributed by atoms with van der Waals surface area (Å²) in [6.07, 6.45) is 7.04. The molecule has 2 fully saturated rings. The molecule has 2 N–H and O–H groups in total. The van der Waals surface area contributed by atoms with E-state index in [0.717, 1.165) is 19.0 Å². The predicted molar refractivity (Wildman–Crippen MR) is 80.5 cm³/mol. The van der Waals surface area contributed by atoms with Crippen molar-refractivity contribution in [3.8, 4) is 0 Å². The Labute approximate surface area is 117 Å². The van der Waals surface area contributed by atoms with E-state index in [0.29, 0.717) is 12.1 Å². The zero-order valence-electron chi connectivity index (χ0n) is 12.0. The lowest BCUT2D eigenvalue weighted by Gasteiger charge is -2.32. The Kier molecular flexibility index (Phi) is 4.19. The van der Waals surface area contributed by atoms with Crippen molar-refractivity contribution in [3.63, 3.8) is 0 Å². The van der Waals surface area contributed by atoms with Crippen LogP contribution >= 0.6 is 0 Å². The lowest BCUT2D eigenvalue weighted by Crippen LogP contribution is -2.48. The number of rotatable bonds is 2. The number of nitrogens with one attached hydrogen (secondary N) is 2. The maximum Gasteiger partial charge on any atom is 0.0473 e. The van der Waals surface area contributed by atoms with Gasteiger partial charge in [0.15, 0.2) is 0 Å².